The van der Waals surface area contributed by atoms with E-state index in [1.807, 2.05) is 0 Å². The first-order chi connectivity index (χ1) is 7.82. The Kier molecular flexibility index (Phi) is 4.53. The summed E-state index contributed by atoms with van der Waals surface area (Å²) in [5.41, 5.74) is 0. The zero-order valence-corrected chi connectivity index (χ0v) is 9.93. The molecular formula is C9H11ClF3N3O. The predicted molar refractivity (Wildman–Crippen MR) is 57.0 cm³/mol. The molecule has 0 aliphatic carbocycles. The highest BCUT2D eigenvalue weighted by molar-refractivity contribution is 6.29. The second kappa shape index (κ2) is 5.50. The molecule has 1 rings (SSSR count). The van der Waals surface area contributed by atoms with Crippen molar-refractivity contribution in [2.75, 3.05) is 19.0 Å². The van der Waals surface area contributed by atoms with Crippen LogP contribution >= 0.6 is 11.6 Å². The van der Waals surface area contributed by atoms with E-state index in [0.29, 0.717) is 6.54 Å². The van der Waals surface area contributed by atoms with Crippen molar-refractivity contribution in [1.82, 2.24) is 9.97 Å². The van der Waals surface area contributed by atoms with E-state index in [1.54, 1.807) is 6.92 Å². The van der Waals surface area contributed by atoms with Gasteiger partial charge in [-0.2, -0.15) is 13.2 Å². The number of anilines is 1. The van der Waals surface area contributed by atoms with Crippen LogP contribution in [0.2, 0.25) is 5.15 Å². The lowest BCUT2D eigenvalue weighted by molar-refractivity contribution is -0.144. The quantitative estimate of drug-likeness (QED) is 0.854. The van der Waals surface area contributed by atoms with Crippen LogP contribution in [0.15, 0.2) is 6.07 Å². The van der Waals surface area contributed by atoms with E-state index in [4.69, 9.17) is 16.3 Å². The van der Waals surface area contributed by atoms with Gasteiger partial charge in [0.05, 0.1) is 6.10 Å². The van der Waals surface area contributed by atoms with Crippen LogP contribution in [0, 0.1) is 0 Å². The van der Waals surface area contributed by atoms with Crippen molar-refractivity contribution in [2.45, 2.75) is 19.2 Å². The molecule has 0 amide bonds. The molecule has 0 saturated heterocycles. The van der Waals surface area contributed by atoms with Crippen LogP contribution in [0.25, 0.3) is 0 Å². The first kappa shape index (κ1) is 14.0. The first-order valence-corrected chi connectivity index (χ1v) is 5.09. The Morgan fingerprint density at radius 1 is 1.47 bits per heavy atom. The molecule has 0 radical (unpaired) electrons. The van der Waals surface area contributed by atoms with Crippen LogP contribution in [0.3, 0.4) is 0 Å². The number of halogens is 4. The summed E-state index contributed by atoms with van der Waals surface area (Å²) in [4.78, 5) is 6.43. The molecule has 8 heteroatoms. The minimum Gasteiger partial charge on any atom is -0.380 e. The van der Waals surface area contributed by atoms with Crippen LogP contribution in [0.1, 0.15) is 12.7 Å². The van der Waals surface area contributed by atoms with E-state index < -0.39 is 12.0 Å². The molecule has 96 valence electrons. The largest absolute Gasteiger partial charge is 0.451 e. The summed E-state index contributed by atoms with van der Waals surface area (Å²) >= 11 is 5.48. The number of methoxy groups -OCH3 is 1. The van der Waals surface area contributed by atoms with Crippen molar-refractivity contribution < 1.29 is 17.9 Å². The lowest BCUT2D eigenvalue weighted by atomic mass is 10.4. The van der Waals surface area contributed by atoms with Crippen molar-refractivity contribution in [2.24, 2.45) is 0 Å². The molecule has 1 heterocycles. The lowest BCUT2D eigenvalue weighted by Gasteiger charge is -2.12. The standard InChI is InChI=1S/C9H11ClF3N3O/c1-5(17-2)4-14-7-3-6(10)15-8(16-7)9(11,12)13/h3,5H,4H2,1-2H3,(H,14,15,16). The van der Waals surface area contributed by atoms with Crippen molar-refractivity contribution in [3.63, 3.8) is 0 Å². The molecule has 1 unspecified atom stereocenters. The van der Waals surface area contributed by atoms with E-state index >= 15 is 0 Å². The van der Waals surface area contributed by atoms with Gasteiger partial charge in [-0.25, -0.2) is 9.97 Å². The third kappa shape index (κ3) is 4.35. The van der Waals surface area contributed by atoms with Crippen LogP contribution in [-0.4, -0.2) is 29.7 Å². The van der Waals surface area contributed by atoms with Crippen LogP contribution in [0.5, 0.6) is 0 Å². The maximum Gasteiger partial charge on any atom is 0.451 e. The molecule has 1 N–H and O–H groups in total. The Balaban J connectivity index is 2.83. The summed E-state index contributed by atoms with van der Waals surface area (Å²) < 4.78 is 42.1. The van der Waals surface area contributed by atoms with Gasteiger partial charge in [0, 0.05) is 19.7 Å². The molecule has 0 fully saturated rings. The molecule has 1 aromatic rings. The predicted octanol–water partition coefficient (Wildman–Crippen LogP) is 2.60. The number of alkyl halides is 3. The first-order valence-electron chi connectivity index (χ1n) is 4.71. The van der Waals surface area contributed by atoms with Crippen LogP contribution < -0.4 is 5.32 Å². The number of ether oxygens (including phenoxy) is 1. The summed E-state index contributed by atoms with van der Waals surface area (Å²) in [7, 11) is 1.50. The van der Waals surface area contributed by atoms with E-state index in [1.165, 1.54) is 13.2 Å². The average Bonchev–Trinajstić information content (AvgIpc) is 2.24. The van der Waals surface area contributed by atoms with Gasteiger partial charge in [0.15, 0.2) is 0 Å². The van der Waals surface area contributed by atoms with Gasteiger partial charge >= 0.3 is 6.18 Å². The smallest absolute Gasteiger partial charge is 0.380 e. The highest BCUT2D eigenvalue weighted by Gasteiger charge is 2.35. The minimum absolute atomic E-state index is 0.0150. The Hall–Kier alpha value is -1.08. The summed E-state index contributed by atoms with van der Waals surface area (Å²) in [6.45, 7) is 2.08. The Labute approximate surface area is 101 Å². The Morgan fingerprint density at radius 2 is 2.12 bits per heavy atom. The van der Waals surface area contributed by atoms with Gasteiger partial charge in [-0.1, -0.05) is 11.6 Å². The van der Waals surface area contributed by atoms with E-state index in [-0.39, 0.29) is 17.1 Å². The number of hydrogen-bond acceptors (Lipinski definition) is 4. The van der Waals surface area contributed by atoms with Gasteiger partial charge < -0.3 is 10.1 Å². The van der Waals surface area contributed by atoms with Gasteiger partial charge in [0.25, 0.3) is 0 Å². The monoisotopic (exact) mass is 269 g/mol. The number of nitrogens with zero attached hydrogens (tertiary/aromatic N) is 2. The molecule has 0 aliphatic rings. The molecule has 1 aromatic heterocycles. The van der Waals surface area contributed by atoms with Crippen molar-refractivity contribution in [3.05, 3.63) is 17.0 Å². The van der Waals surface area contributed by atoms with Gasteiger partial charge in [0.2, 0.25) is 5.82 Å². The summed E-state index contributed by atoms with van der Waals surface area (Å²) in [6, 6.07) is 1.22. The lowest BCUT2D eigenvalue weighted by Crippen LogP contribution is -2.20. The number of nitrogens with one attached hydrogen (secondary N) is 1. The summed E-state index contributed by atoms with van der Waals surface area (Å²) in [5, 5.41) is 2.42. The molecule has 0 saturated carbocycles. The second-order valence-corrected chi connectivity index (χ2v) is 3.71. The van der Waals surface area contributed by atoms with Crippen molar-refractivity contribution in [1.29, 1.82) is 0 Å². The third-order valence-electron chi connectivity index (χ3n) is 1.92. The van der Waals surface area contributed by atoms with Gasteiger partial charge in [-0.3, -0.25) is 0 Å². The third-order valence-corrected chi connectivity index (χ3v) is 2.12. The van der Waals surface area contributed by atoms with Gasteiger partial charge in [-0.05, 0) is 6.92 Å². The zero-order chi connectivity index (χ0) is 13.1. The van der Waals surface area contributed by atoms with Gasteiger partial charge in [-0.15, -0.1) is 0 Å². The number of hydrogen-bond donors (Lipinski definition) is 1. The van der Waals surface area contributed by atoms with Crippen LogP contribution in [-0.2, 0) is 10.9 Å². The van der Waals surface area contributed by atoms with E-state index in [0.717, 1.165) is 0 Å². The van der Waals surface area contributed by atoms with Crippen molar-refractivity contribution >= 4 is 17.4 Å². The molecule has 0 bridgehead atoms. The zero-order valence-electron chi connectivity index (χ0n) is 9.18. The molecular weight excluding hydrogens is 259 g/mol. The minimum atomic E-state index is -4.62. The molecule has 17 heavy (non-hydrogen) atoms. The fraction of sp³-hybridized carbons (Fsp3) is 0.556. The molecule has 0 aliphatic heterocycles. The molecule has 0 aromatic carbocycles. The topological polar surface area (TPSA) is 47.0 Å². The Morgan fingerprint density at radius 3 is 2.65 bits per heavy atom. The van der Waals surface area contributed by atoms with Gasteiger partial charge in [0.1, 0.15) is 11.0 Å². The molecule has 4 nitrogen and oxygen atoms in total. The maximum atomic E-state index is 12.4. The SMILES string of the molecule is COC(C)CNc1cc(Cl)nc(C(F)(F)F)n1. The fourth-order valence-electron chi connectivity index (χ4n) is 0.967. The number of rotatable bonds is 4. The number of aromatic nitrogens is 2. The molecule has 0 spiro atoms. The maximum absolute atomic E-state index is 12.4. The summed E-state index contributed by atoms with van der Waals surface area (Å²) in [5.74, 6) is -1.25. The highest BCUT2D eigenvalue weighted by Crippen LogP contribution is 2.28. The summed E-state index contributed by atoms with van der Waals surface area (Å²) in [6.07, 6.45) is -4.77. The highest BCUT2D eigenvalue weighted by atomic mass is 35.5. The van der Waals surface area contributed by atoms with E-state index in [2.05, 4.69) is 15.3 Å². The molecule has 1 atom stereocenters. The van der Waals surface area contributed by atoms with Crippen molar-refractivity contribution in [3.8, 4) is 0 Å². The second-order valence-electron chi connectivity index (χ2n) is 3.32. The fourth-order valence-corrected chi connectivity index (χ4v) is 1.15. The van der Waals surface area contributed by atoms with Crippen LogP contribution in [0.4, 0.5) is 19.0 Å². The normalized spacial score (nSPS) is 13.5. The Bertz CT molecular complexity index is 386. The van der Waals surface area contributed by atoms with E-state index in [9.17, 15) is 13.2 Å². The average molecular weight is 270 g/mol.